The van der Waals surface area contributed by atoms with Crippen molar-refractivity contribution in [2.24, 2.45) is 0 Å². The lowest BCUT2D eigenvalue weighted by molar-refractivity contribution is -0.702. The van der Waals surface area contributed by atoms with Crippen LogP contribution in [0.1, 0.15) is 38.9 Å². The lowest BCUT2D eigenvalue weighted by Crippen LogP contribution is -2.35. The SMILES string of the molecule is CCCC[n+]1cc[nH]c1CSCCC. The molecule has 3 heteroatoms. The third-order valence-electron chi connectivity index (χ3n) is 2.19. The number of imidazole rings is 1. The number of unbranched alkanes of at least 4 members (excludes halogenated alkanes) is 1. The highest BCUT2D eigenvalue weighted by molar-refractivity contribution is 7.98. The summed E-state index contributed by atoms with van der Waals surface area (Å²) in [6.45, 7) is 5.62. The van der Waals surface area contributed by atoms with Gasteiger partial charge in [0.1, 0.15) is 12.4 Å². The van der Waals surface area contributed by atoms with Gasteiger partial charge in [0.2, 0.25) is 0 Å². The summed E-state index contributed by atoms with van der Waals surface area (Å²) in [5.41, 5.74) is 0. The number of rotatable bonds is 7. The van der Waals surface area contributed by atoms with Crippen LogP contribution in [0.2, 0.25) is 0 Å². The number of aryl methyl sites for hydroxylation is 1. The third kappa shape index (κ3) is 3.74. The van der Waals surface area contributed by atoms with Crippen molar-refractivity contribution in [2.75, 3.05) is 5.75 Å². The Kier molecular flexibility index (Phi) is 5.76. The van der Waals surface area contributed by atoms with E-state index in [1.165, 1.54) is 30.8 Å². The molecule has 1 N–H and O–H groups in total. The number of nitrogens with one attached hydrogen (secondary N) is 1. The average molecular weight is 213 g/mol. The Morgan fingerprint density at radius 1 is 1.36 bits per heavy atom. The van der Waals surface area contributed by atoms with Crippen LogP contribution in [0.3, 0.4) is 0 Å². The highest BCUT2D eigenvalue weighted by atomic mass is 32.2. The molecule has 1 heterocycles. The first-order valence-electron chi connectivity index (χ1n) is 5.52. The van der Waals surface area contributed by atoms with Crippen LogP contribution >= 0.6 is 11.8 Å². The Morgan fingerprint density at radius 3 is 2.93 bits per heavy atom. The Balaban J connectivity index is 2.37. The quantitative estimate of drug-likeness (QED) is 0.545. The van der Waals surface area contributed by atoms with Crippen molar-refractivity contribution in [2.45, 2.75) is 45.4 Å². The average Bonchev–Trinajstić information content (AvgIpc) is 2.63. The zero-order valence-electron chi connectivity index (χ0n) is 9.25. The fourth-order valence-electron chi connectivity index (χ4n) is 1.37. The van der Waals surface area contributed by atoms with E-state index in [4.69, 9.17) is 0 Å². The van der Waals surface area contributed by atoms with Crippen LogP contribution < -0.4 is 4.57 Å². The summed E-state index contributed by atoms with van der Waals surface area (Å²) in [5, 5.41) is 0. The second kappa shape index (κ2) is 6.93. The van der Waals surface area contributed by atoms with E-state index in [0.29, 0.717) is 0 Å². The largest absolute Gasteiger partial charge is 0.264 e. The van der Waals surface area contributed by atoms with Crippen molar-refractivity contribution in [3.05, 3.63) is 18.2 Å². The molecule has 14 heavy (non-hydrogen) atoms. The smallest absolute Gasteiger partial charge is 0.247 e. The maximum absolute atomic E-state index is 3.32. The maximum atomic E-state index is 3.32. The van der Waals surface area contributed by atoms with Gasteiger partial charge in [0, 0.05) is 0 Å². The summed E-state index contributed by atoms with van der Waals surface area (Å²) in [4.78, 5) is 3.32. The van der Waals surface area contributed by atoms with Gasteiger partial charge in [-0.25, -0.2) is 9.55 Å². The van der Waals surface area contributed by atoms with E-state index in [9.17, 15) is 0 Å². The van der Waals surface area contributed by atoms with Crippen LogP contribution in [0.4, 0.5) is 0 Å². The molecule has 0 aliphatic rings. The molecule has 0 amide bonds. The van der Waals surface area contributed by atoms with Gasteiger partial charge in [0.25, 0.3) is 5.82 Å². The molecule has 0 saturated carbocycles. The Bertz CT molecular complexity index is 245. The zero-order chi connectivity index (χ0) is 10.2. The minimum atomic E-state index is 1.12. The first-order chi connectivity index (χ1) is 6.88. The van der Waals surface area contributed by atoms with Gasteiger partial charge in [0.05, 0.1) is 12.3 Å². The normalized spacial score (nSPS) is 10.7. The monoisotopic (exact) mass is 213 g/mol. The third-order valence-corrected chi connectivity index (χ3v) is 3.37. The molecule has 2 nitrogen and oxygen atoms in total. The second-order valence-electron chi connectivity index (χ2n) is 3.51. The van der Waals surface area contributed by atoms with Crippen molar-refractivity contribution in [3.63, 3.8) is 0 Å². The molecule has 0 aliphatic heterocycles. The molecule has 0 aromatic carbocycles. The second-order valence-corrected chi connectivity index (χ2v) is 4.61. The fourth-order valence-corrected chi connectivity index (χ4v) is 2.25. The summed E-state index contributed by atoms with van der Waals surface area (Å²) in [6.07, 6.45) is 7.99. The Hall–Kier alpha value is -0.440. The summed E-state index contributed by atoms with van der Waals surface area (Å²) < 4.78 is 2.34. The summed E-state index contributed by atoms with van der Waals surface area (Å²) >= 11 is 2.01. The lowest BCUT2D eigenvalue weighted by atomic mass is 10.3. The van der Waals surface area contributed by atoms with Gasteiger partial charge in [-0.1, -0.05) is 20.3 Å². The van der Waals surface area contributed by atoms with Crippen molar-refractivity contribution in [3.8, 4) is 0 Å². The van der Waals surface area contributed by atoms with Gasteiger partial charge >= 0.3 is 0 Å². The highest BCUT2D eigenvalue weighted by Crippen LogP contribution is 2.08. The van der Waals surface area contributed by atoms with Crippen molar-refractivity contribution in [1.82, 2.24) is 4.98 Å². The Morgan fingerprint density at radius 2 is 2.21 bits per heavy atom. The van der Waals surface area contributed by atoms with Crippen LogP contribution in [0, 0.1) is 0 Å². The molecule has 0 fully saturated rings. The molecule has 0 bridgehead atoms. The maximum Gasteiger partial charge on any atom is 0.264 e. The van der Waals surface area contributed by atoms with E-state index >= 15 is 0 Å². The molecule has 0 saturated heterocycles. The van der Waals surface area contributed by atoms with Gasteiger partial charge in [-0.3, -0.25) is 0 Å². The predicted molar refractivity (Wildman–Crippen MR) is 62.3 cm³/mol. The molecular formula is C11H21N2S+. The van der Waals surface area contributed by atoms with Crippen LogP contribution in [-0.4, -0.2) is 10.7 Å². The first-order valence-corrected chi connectivity index (χ1v) is 6.67. The molecule has 1 aromatic rings. The van der Waals surface area contributed by atoms with Crippen LogP contribution in [0.5, 0.6) is 0 Å². The van der Waals surface area contributed by atoms with Gasteiger partial charge in [-0.05, 0) is 18.6 Å². The number of aromatic amines is 1. The van der Waals surface area contributed by atoms with E-state index < -0.39 is 0 Å². The van der Waals surface area contributed by atoms with Gasteiger partial charge in [-0.15, -0.1) is 11.8 Å². The summed E-state index contributed by atoms with van der Waals surface area (Å²) in [6, 6.07) is 0. The zero-order valence-corrected chi connectivity index (χ0v) is 10.1. The number of hydrogen-bond acceptors (Lipinski definition) is 1. The summed E-state index contributed by atoms with van der Waals surface area (Å²) in [5.74, 6) is 3.73. The van der Waals surface area contributed by atoms with E-state index in [-0.39, 0.29) is 0 Å². The number of H-pyrrole nitrogens is 1. The molecule has 0 spiro atoms. The minimum Gasteiger partial charge on any atom is -0.247 e. The van der Waals surface area contributed by atoms with Crippen LogP contribution in [0.25, 0.3) is 0 Å². The van der Waals surface area contributed by atoms with Gasteiger partial charge in [0.15, 0.2) is 0 Å². The van der Waals surface area contributed by atoms with Crippen molar-refractivity contribution >= 4 is 11.8 Å². The van der Waals surface area contributed by atoms with Crippen LogP contribution in [0.15, 0.2) is 12.4 Å². The predicted octanol–water partition coefficient (Wildman–Crippen LogP) is 2.75. The van der Waals surface area contributed by atoms with Crippen molar-refractivity contribution in [1.29, 1.82) is 0 Å². The number of thioether (sulfide) groups is 1. The van der Waals surface area contributed by atoms with Crippen LogP contribution in [-0.2, 0) is 12.3 Å². The van der Waals surface area contributed by atoms with E-state index in [1.54, 1.807) is 0 Å². The number of nitrogens with zero attached hydrogens (tertiary/aromatic N) is 1. The number of aromatic nitrogens is 2. The van der Waals surface area contributed by atoms with E-state index in [2.05, 4.69) is 29.6 Å². The first kappa shape index (κ1) is 11.6. The molecular weight excluding hydrogens is 192 g/mol. The number of hydrogen-bond donors (Lipinski definition) is 1. The highest BCUT2D eigenvalue weighted by Gasteiger charge is 2.08. The molecule has 0 atom stereocenters. The standard InChI is InChI=1S/C11H20N2S/c1-3-5-7-13-8-6-12-11(13)10-14-9-4-2/h6,8H,3-5,7,9-10H2,1-2H3/p+1. The fraction of sp³-hybridized carbons (Fsp3) is 0.727. The van der Waals surface area contributed by atoms with Gasteiger partial charge in [-0.2, -0.15) is 0 Å². The van der Waals surface area contributed by atoms with E-state index in [0.717, 1.165) is 12.3 Å². The molecule has 0 unspecified atom stereocenters. The minimum absolute atomic E-state index is 1.12. The van der Waals surface area contributed by atoms with Gasteiger partial charge < -0.3 is 0 Å². The Labute approximate surface area is 91.1 Å². The topological polar surface area (TPSA) is 19.7 Å². The van der Waals surface area contributed by atoms with Crippen molar-refractivity contribution < 1.29 is 4.57 Å². The van der Waals surface area contributed by atoms with E-state index in [1.807, 2.05) is 18.0 Å². The summed E-state index contributed by atoms with van der Waals surface area (Å²) in [7, 11) is 0. The molecule has 0 aliphatic carbocycles. The molecule has 80 valence electrons. The lowest BCUT2D eigenvalue weighted by Gasteiger charge is -1.99. The molecule has 1 aromatic heterocycles. The molecule has 1 rings (SSSR count). The molecule has 0 radical (unpaired) electrons.